The second-order valence-corrected chi connectivity index (χ2v) is 2.55. The van der Waals surface area contributed by atoms with E-state index in [1.165, 1.54) is 0 Å². The summed E-state index contributed by atoms with van der Waals surface area (Å²) >= 11 is 0. The summed E-state index contributed by atoms with van der Waals surface area (Å²) in [5, 5.41) is 8.81. The molecule has 2 heteroatoms. The molecule has 3 N–H and O–H groups in total. The molecule has 0 aliphatic carbocycles. The van der Waals surface area contributed by atoms with E-state index in [4.69, 9.17) is 10.8 Å². The summed E-state index contributed by atoms with van der Waals surface area (Å²) in [7, 11) is 0. The van der Waals surface area contributed by atoms with Gasteiger partial charge < -0.3 is 10.8 Å². The average molecular weight is 141 g/mol. The molecule has 0 amide bonds. The zero-order valence-corrected chi connectivity index (χ0v) is 6.38. The second kappa shape index (κ2) is 4.12. The predicted molar refractivity (Wildman–Crippen MR) is 43.7 cm³/mol. The molecule has 2 nitrogen and oxygen atoms in total. The van der Waals surface area contributed by atoms with Crippen LogP contribution in [0.5, 0.6) is 0 Å². The summed E-state index contributed by atoms with van der Waals surface area (Å²) in [6, 6.07) is -0.312. The summed E-state index contributed by atoms with van der Waals surface area (Å²) in [5.41, 5.74) is 5.50. The number of aliphatic hydroxyl groups excluding tert-OH is 1. The van der Waals surface area contributed by atoms with Gasteiger partial charge in [-0.2, -0.15) is 0 Å². The van der Waals surface area contributed by atoms with Crippen molar-refractivity contribution in [3.8, 4) is 0 Å². The summed E-state index contributed by atoms with van der Waals surface area (Å²) < 4.78 is 0. The van der Waals surface area contributed by atoms with Crippen LogP contribution in [-0.4, -0.2) is 11.1 Å². The Morgan fingerprint density at radius 3 is 2.60 bits per heavy atom. The minimum Gasteiger partial charge on any atom is -0.511 e. The molecule has 0 unspecified atom stereocenters. The van der Waals surface area contributed by atoms with Crippen molar-refractivity contribution in [2.45, 2.75) is 19.4 Å². The summed E-state index contributed by atoms with van der Waals surface area (Å²) in [5.74, 6) is 0.382. The zero-order valence-electron chi connectivity index (χ0n) is 6.38. The molecule has 0 aromatic heterocycles. The lowest BCUT2D eigenvalue weighted by atomic mass is 10.0. The van der Waals surface area contributed by atoms with Crippen LogP contribution >= 0.6 is 0 Å². The van der Waals surface area contributed by atoms with E-state index in [1.807, 2.05) is 13.0 Å². The lowest BCUT2D eigenvalue weighted by Gasteiger charge is -2.12. The van der Waals surface area contributed by atoms with Crippen molar-refractivity contribution in [1.29, 1.82) is 0 Å². The summed E-state index contributed by atoms with van der Waals surface area (Å²) in [6.45, 7) is 8.94. The highest BCUT2D eigenvalue weighted by Crippen LogP contribution is 2.08. The van der Waals surface area contributed by atoms with Crippen LogP contribution in [0.25, 0.3) is 0 Å². The van der Waals surface area contributed by atoms with Gasteiger partial charge in [-0.3, -0.25) is 0 Å². The summed E-state index contributed by atoms with van der Waals surface area (Å²) in [6.07, 6.45) is 2.52. The molecule has 0 heterocycles. The van der Waals surface area contributed by atoms with Crippen molar-refractivity contribution in [2.24, 2.45) is 11.7 Å². The Morgan fingerprint density at radius 1 is 1.80 bits per heavy atom. The lowest BCUT2D eigenvalue weighted by molar-refractivity contribution is 0.352. The second-order valence-electron chi connectivity index (χ2n) is 2.55. The minimum atomic E-state index is -0.312. The molecule has 0 spiro atoms. The monoisotopic (exact) mass is 141 g/mol. The van der Waals surface area contributed by atoms with Gasteiger partial charge in [-0.15, -0.1) is 6.58 Å². The van der Waals surface area contributed by atoms with Crippen LogP contribution in [0.2, 0.25) is 0 Å². The van der Waals surface area contributed by atoms with E-state index in [0.29, 0.717) is 12.3 Å². The standard InChI is InChI=1S/C8H15NO/c1-4-6(2)5-8(9)7(3)10/h4,6,8,10H,1,3,5,9H2,2H3/t6-,8-/m0/s1. The molecule has 0 aliphatic heterocycles. The van der Waals surface area contributed by atoms with E-state index in [-0.39, 0.29) is 11.8 Å². The first-order valence-corrected chi connectivity index (χ1v) is 3.33. The number of rotatable bonds is 4. The molecular weight excluding hydrogens is 126 g/mol. The number of hydrogen-bond acceptors (Lipinski definition) is 2. The van der Waals surface area contributed by atoms with Gasteiger partial charge in [-0.1, -0.05) is 19.6 Å². The molecule has 0 aromatic rings. The molecule has 0 fully saturated rings. The van der Waals surface area contributed by atoms with E-state index in [0.717, 1.165) is 0 Å². The fourth-order valence-corrected chi connectivity index (χ4v) is 0.633. The topological polar surface area (TPSA) is 46.2 Å². The van der Waals surface area contributed by atoms with Crippen molar-refractivity contribution >= 4 is 0 Å². The number of nitrogens with two attached hydrogens (primary N) is 1. The Morgan fingerprint density at radius 2 is 2.30 bits per heavy atom. The smallest absolute Gasteiger partial charge is 0.102 e. The van der Waals surface area contributed by atoms with Gasteiger partial charge in [-0.05, 0) is 12.3 Å². The fraction of sp³-hybridized carbons (Fsp3) is 0.500. The fourth-order valence-electron chi connectivity index (χ4n) is 0.633. The lowest BCUT2D eigenvalue weighted by Crippen LogP contribution is -2.23. The Kier molecular flexibility index (Phi) is 3.81. The quantitative estimate of drug-likeness (QED) is 0.461. The van der Waals surface area contributed by atoms with E-state index < -0.39 is 0 Å². The molecular formula is C8H15NO. The van der Waals surface area contributed by atoms with Crippen molar-refractivity contribution < 1.29 is 5.11 Å². The predicted octanol–water partition coefficient (Wildman–Crippen LogP) is 1.60. The SMILES string of the molecule is C=C[C@H](C)C[C@H](N)C(=C)O. The van der Waals surface area contributed by atoms with Gasteiger partial charge in [-0.25, -0.2) is 0 Å². The number of aliphatic hydroxyl groups is 1. The van der Waals surface area contributed by atoms with Crippen LogP contribution in [0, 0.1) is 5.92 Å². The van der Waals surface area contributed by atoms with Gasteiger partial charge in [0.15, 0.2) is 0 Å². The van der Waals surface area contributed by atoms with E-state index in [2.05, 4.69) is 13.2 Å². The van der Waals surface area contributed by atoms with Crippen LogP contribution < -0.4 is 5.73 Å². The number of allylic oxidation sites excluding steroid dienone is 1. The Hall–Kier alpha value is -0.760. The summed E-state index contributed by atoms with van der Waals surface area (Å²) in [4.78, 5) is 0. The van der Waals surface area contributed by atoms with Crippen LogP contribution in [0.15, 0.2) is 25.0 Å². The molecule has 58 valence electrons. The molecule has 0 aliphatic rings. The maximum Gasteiger partial charge on any atom is 0.102 e. The van der Waals surface area contributed by atoms with Gasteiger partial charge in [0, 0.05) is 0 Å². The first-order valence-electron chi connectivity index (χ1n) is 3.33. The highest BCUT2D eigenvalue weighted by Gasteiger charge is 2.07. The van der Waals surface area contributed by atoms with Crippen molar-refractivity contribution in [1.82, 2.24) is 0 Å². The van der Waals surface area contributed by atoms with Crippen molar-refractivity contribution in [2.75, 3.05) is 0 Å². The van der Waals surface area contributed by atoms with Crippen molar-refractivity contribution in [3.05, 3.63) is 25.0 Å². The van der Waals surface area contributed by atoms with E-state index in [1.54, 1.807) is 0 Å². The van der Waals surface area contributed by atoms with Gasteiger partial charge in [0.25, 0.3) is 0 Å². The van der Waals surface area contributed by atoms with E-state index >= 15 is 0 Å². The Balaban J connectivity index is 3.67. The maximum atomic E-state index is 8.81. The third-order valence-electron chi connectivity index (χ3n) is 1.46. The van der Waals surface area contributed by atoms with Crippen LogP contribution in [0.4, 0.5) is 0 Å². The maximum absolute atomic E-state index is 8.81. The molecule has 0 rings (SSSR count). The van der Waals surface area contributed by atoms with Gasteiger partial charge in [0.1, 0.15) is 5.76 Å². The van der Waals surface area contributed by atoms with Crippen LogP contribution in [0.3, 0.4) is 0 Å². The largest absolute Gasteiger partial charge is 0.511 e. The minimum absolute atomic E-state index is 0.0497. The zero-order chi connectivity index (χ0) is 8.15. The third-order valence-corrected chi connectivity index (χ3v) is 1.46. The molecule has 0 bridgehead atoms. The third kappa shape index (κ3) is 3.30. The Bertz CT molecular complexity index is 131. The van der Waals surface area contributed by atoms with Crippen LogP contribution in [0.1, 0.15) is 13.3 Å². The first-order chi connectivity index (χ1) is 4.57. The first kappa shape index (κ1) is 9.24. The normalized spacial score (nSPS) is 15.8. The van der Waals surface area contributed by atoms with Crippen molar-refractivity contribution in [3.63, 3.8) is 0 Å². The molecule has 10 heavy (non-hydrogen) atoms. The molecule has 2 atom stereocenters. The van der Waals surface area contributed by atoms with E-state index in [9.17, 15) is 0 Å². The van der Waals surface area contributed by atoms with Gasteiger partial charge in [0.2, 0.25) is 0 Å². The molecule has 0 saturated carbocycles. The van der Waals surface area contributed by atoms with Gasteiger partial charge in [0.05, 0.1) is 6.04 Å². The highest BCUT2D eigenvalue weighted by atomic mass is 16.3. The highest BCUT2D eigenvalue weighted by molar-refractivity contribution is 4.94. The molecule has 0 aromatic carbocycles. The molecule has 0 radical (unpaired) electrons. The van der Waals surface area contributed by atoms with Crippen LogP contribution in [-0.2, 0) is 0 Å². The van der Waals surface area contributed by atoms with Gasteiger partial charge >= 0.3 is 0 Å². The Labute approximate surface area is 62.0 Å². The average Bonchev–Trinajstić information content (AvgIpc) is 1.87. The molecule has 0 saturated heterocycles. The number of hydrogen-bond donors (Lipinski definition) is 2.